The summed E-state index contributed by atoms with van der Waals surface area (Å²) in [5, 5.41) is 0. The number of likely N-dealkylation sites (N-methyl/N-ethyl adjacent to an activating group) is 1. The first-order valence-corrected chi connectivity index (χ1v) is 9.59. The zero-order chi connectivity index (χ0) is 23.0. The van der Waals surface area contributed by atoms with E-state index in [4.69, 9.17) is 9.47 Å². The van der Waals surface area contributed by atoms with Crippen LogP contribution in [0.5, 0.6) is 17.4 Å². The van der Waals surface area contributed by atoms with Gasteiger partial charge in [-0.3, -0.25) is 9.55 Å². The van der Waals surface area contributed by atoms with Crippen molar-refractivity contribution in [2.75, 3.05) is 11.9 Å². The van der Waals surface area contributed by atoms with E-state index in [1.54, 1.807) is 10.6 Å². The van der Waals surface area contributed by atoms with Gasteiger partial charge < -0.3 is 14.4 Å². The summed E-state index contributed by atoms with van der Waals surface area (Å²) >= 11 is 0. The van der Waals surface area contributed by atoms with Crippen LogP contribution >= 0.6 is 0 Å². The summed E-state index contributed by atoms with van der Waals surface area (Å²) in [6, 6.07) is 7.58. The van der Waals surface area contributed by atoms with Crippen LogP contribution in [0.4, 0.5) is 23.4 Å². The maximum Gasteiger partial charge on any atom is 0.433 e. The van der Waals surface area contributed by atoms with Gasteiger partial charge in [0.1, 0.15) is 23.9 Å². The van der Waals surface area contributed by atoms with E-state index < -0.39 is 23.4 Å². The minimum Gasteiger partial charge on any atom is -0.473 e. The lowest BCUT2D eigenvalue weighted by Gasteiger charge is -2.16. The van der Waals surface area contributed by atoms with Crippen LogP contribution in [0, 0.1) is 5.82 Å². The number of alkyl halides is 3. The molecule has 0 N–H and O–H groups in total. The molecule has 0 amide bonds. The fraction of sp³-hybridized carbons (Fsp3) is 0.286. The lowest BCUT2D eigenvalue weighted by atomic mass is 10.2. The molecule has 0 unspecified atom stereocenters. The molecule has 1 aliphatic heterocycles. The number of aromatic nitrogens is 3. The summed E-state index contributed by atoms with van der Waals surface area (Å²) in [6.45, 7) is 2.45. The van der Waals surface area contributed by atoms with Crippen molar-refractivity contribution < 1.29 is 27.0 Å². The molecular weight excluding hydrogens is 432 g/mol. The topological polar surface area (TPSA) is 69.5 Å². The lowest BCUT2D eigenvalue weighted by molar-refractivity contribution is -0.141. The van der Waals surface area contributed by atoms with E-state index in [2.05, 4.69) is 9.97 Å². The van der Waals surface area contributed by atoms with Gasteiger partial charge in [0.2, 0.25) is 5.88 Å². The summed E-state index contributed by atoms with van der Waals surface area (Å²) in [5.41, 5.74) is -1.15. The van der Waals surface area contributed by atoms with Crippen LogP contribution < -0.4 is 20.1 Å². The first-order chi connectivity index (χ1) is 15.1. The Morgan fingerprint density at radius 1 is 1.19 bits per heavy atom. The van der Waals surface area contributed by atoms with E-state index in [0.29, 0.717) is 24.0 Å². The molecule has 1 aromatic carbocycles. The third kappa shape index (κ3) is 4.36. The quantitative estimate of drug-likeness (QED) is 0.548. The molecule has 3 aromatic rings. The van der Waals surface area contributed by atoms with Crippen molar-refractivity contribution in [1.29, 1.82) is 0 Å². The van der Waals surface area contributed by atoms with E-state index in [1.807, 2.05) is 18.9 Å². The Balaban J connectivity index is 1.46. The second-order valence-corrected chi connectivity index (χ2v) is 7.34. The molecule has 32 heavy (non-hydrogen) atoms. The van der Waals surface area contributed by atoms with E-state index in [-0.39, 0.29) is 30.0 Å². The molecule has 0 fully saturated rings. The molecule has 11 heteroatoms. The van der Waals surface area contributed by atoms with Gasteiger partial charge in [-0.25, -0.2) is 9.18 Å². The van der Waals surface area contributed by atoms with E-state index in [1.165, 1.54) is 18.2 Å². The molecular formula is C21H18F4N4O3. The maximum atomic E-state index is 14.4. The van der Waals surface area contributed by atoms with Crippen molar-refractivity contribution >= 4 is 5.82 Å². The zero-order valence-electron chi connectivity index (χ0n) is 17.1. The van der Waals surface area contributed by atoms with Gasteiger partial charge in [-0.2, -0.15) is 18.2 Å². The molecule has 4 rings (SSSR count). The van der Waals surface area contributed by atoms with E-state index >= 15 is 0 Å². The maximum absolute atomic E-state index is 14.4. The molecule has 1 atom stereocenters. The Hall–Kier alpha value is -3.63. The van der Waals surface area contributed by atoms with Crippen LogP contribution in [0.15, 0.2) is 47.4 Å². The highest BCUT2D eigenvalue weighted by atomic mass is 19.4. The van der Waals surface area contributed by atoms with Gasteiger partial charge in [0.05, 0.1) is 0 Å². The normalized spacial score (nSPS) is 15.6. The van der Waals surface area contributed by atoms with Crippen molar-refractivity contribution in [3.63, 3.8) is 0 Å². The number of nitrogens with zero attached hydrogens (tertiary/aromatic N) is 4. The summed E-state index contributed by atoms with van der Waals surface area (Å²) in [6.07, 6.45) is -3.71. The van der Waals surface area contributed by atoms with Crippen LogP contribution in [0.25, 0.3) is 0 Å². The number of rotatable bonds is 5. The van der Waals surface area contributed by atoms with E-state index in [9.17, 15) is 22.4 Å². The third-order valence-electron chi connectivity index (χ3n) is 5.07. The van der Waals surface area contributed by atoms with E-state index in [0.717, 1.165) is 12.3 Å². The zero-order valence-corrected chi connectivity index (χ0v) is 17.1. The van der Waals surface area contributed by atoms with Crippen LogP contribution in [0.2, 0.25) is 0 Å². The Morgan fingerprint density at radius 2 is 1.97 bits per heavy atom. The van der Waals surface area contributed by atoms with Crippen molar-refractivity contribution in [3.8, 4) is 17.4 Å². The molecule has 0 saturated heterocycles. The number of hydrogen-bond acceptors (Lipinski definition) is 6. The lowest BCUT2D eigenvalue weighted by Crippen LogP contribution is -2.23. The Kier molecular flexibility index (Phi) is 5.49. The first kappa shape index (κ1) is 21.6. The molecule has 0 radical (unpaired) electrons. The number of anilines is 1. The van der Waals surface area contributed by atoms with Crippen LogP contribution in [-0.2, 0) is 19.3 Å². The molecule has 0 bridgehead atoms. The monoisotopic (exact) mass is 450 g/mol. The average molecular weight is 450 g/mol. The molecule has 1 aliphatic rings. The summed E-state index contributed by atoms with van der Waals surface area (Å²) in [4.78, 5) is 21.2. The molecule has 7 nitrogen and oxygen atoms in total. The molecule has 168 valence electrons. The van der Waals surface area contributed by atoms with Crippen LogP contribution in [-0.4, -0.2) is 27.6 Å². The summed E-state index contributed by atoms with van der Waals surface area (Å²) in [7, 11) is 1.86. The van der Waals surface area contributed by atoms with Crippen molar-refractivity contribution in [1.82, 2.24) is 14.5 Å². The Bertz CT molecular complexity index is 1210. The third-order valence-corrected chi connectivity index (χ3v) is 5.07. The fourth-order valence-corrected chi connectivity index (χ4v) is 3.25. The number of ether oxygens (including phenoxy) is 2. The highest BCUT2D eigenvalue weighted by Crippen LogP contribution is 2.32. The van der Waals surface area contributed by atoms with Gasteiger partial charge in [0.25, 0.3) is 0 Å². The number of benzene rings is 1. The second kappa shape index (κ2) is 8.13. The molecule has 0 aliphatic carbocycles. The van der Waals surface area contributed by atoms with Crippen molar-refractivity contribution in [2.45, 2.75) is 32.3 Å². The van der Waals surface area contributed by atoms with Gasteiger partial charge >= 0.3 is 11.9 Å². The predicted octanol–water partition coefficient (Wildman–Crippen LogP) is 4.01. The second-order valence-electron chi connectivity index (χ2n) is 7.34. The van der Waals surface area contributed by atoms with Gasteiger partial charge in [0.15, 0.2) is 11.6 Å². The minimum atomic E-state index is -4.64. The number of hydrogen-bond donors (Lipinski definition) is 0. The number of pyridine rings is 1. The first-order valence-electron chi connectivity index (χ1n) is 9.59. The molecule has 0 saturated carbocycles. The largest absolute Gasteiger partial charge is 0.473 e. The van der Waals surface area contributed by atoms with Gasteiger partial charge in [-0.15, -0.1) is 0 Å². The number of halogens is 4. The van der Waals surface area contributed by atoms with Crippen molar-refractivity contribution in [2.24, 2.45) is 0 Å². The summed E-state index contributed by atoms with van der Waals surface area (Å²) < 4.78 is 65.1. The molecule has 3 heterocycles. The van der Waals surface area contributed by atoms with Crippen LogP contribution in [0.3, 0.4) is 0 Å². The predicted molar refractivity (Wildman–Crippen MR) is 106 cm³/mol. The van der Waals surface area contributed by atoms with Gasteiger partial charge in [-0.1, -0.05) is 6.07 Å². The Labute approximate surface area is 179 Å². The highest BCUT2D eigenvalue weighted by Gasteiger charge is 2.32. The number of fused-ring (bicyclic) bond motifs is 1. The highest BCUT2D eigenvalue weighted by molar-refractivity contribution is 5.45. The van der Waals surface area contributed by atoms with Gasteiger partial charge in [0, 0.05) is 38.0 Å². The SMILES string of the molecule is C[C@H]1Cn2c(cc(OCc3ccc(Oc4ccnc(C(F)(F)F)c4)c(F)c3)nc2=O)N1C. The fourth-order valence-electron chi connectivity index (χ4n) is 3.25. The molecule has 0 spiro atoms. The average Bonchev–Trinajstić information content (AvgIpc) is 3.03. The van der Waals surface area contributed by atoms with Crippen molar-refractivity contribution in [3.05, 3.63) is 70.2 Å². The standard InChI is InChI=1S/C21H18F4N4O3/c1-12-10-29-19(28(12)2)9-18(27-20(29)30)31-11-13-3-4-16(15(22)7-13)32-14-5-6-26-17(8-14)21(23,24)25/h3-9,12H,10-11H2,1-2H3/t12-/m0/s1. The smallest absolute Gasteiger partial charge is 0.433 e. The van der Waals surface area contributed by atoms with Gasteiger partial charge in [-0.05, 0) is 30.7 Å². The van der Waals surface area contributed by atoms with Crippen LogP contribution in [0.1, 0.15) is 18.2 Å². The minimum absolute atomic E-state index is 0.0696. The Morgan fingerprint density at radius 3 is 2.69 bits per heavy atom. The summed E-state index contributed by atoms with van der Waals surface area (Å²) in [5.74, 6) is -0.446. The molecule has 2 aromatic heterocycles.